The fraction of sp³-hybridized carbons (Fsp3) is 0.188. The molecule has 122 valence electrons. The number of nitrogens with zero attached hydrogens (tertiary/aromatic N) is 4. The second kappa shape index (κ2) is 6.86. The summed E-state index contributed by atoms with van der Waals surface area (Å²) in [5.74, 6) is 0.605. The number of nitro benzene ring substituents is 1. The first-order valence-electron chi connectivity index (χ1n) is 7.46. The van der Waals surface area contributed by atoms with E-state index in [1.807, 2.05) is 6.92 Å². The van der Waals surface area contributed by atoms with Crippen LogP contribution >= 0.6 is 0 Å². The maximum absolute atomic E-state index is 11.3. The largest absolute Gasteiger partial charge is 0.380 e. The summed E-state index contributed by atoms with van der Waals surface area (Å²) >= 11 is 0. The number of hydrogen-bond acceptors (Lipinski definition) is 7. The molecular weight excluding hydrogens is 310 g/mol. The van der Waals surface area contributed by atoms with Crippen LogP contribution in [0, 0.1) is 10.1 Å². The molecule has 1 N–H and O–H groups in total. The summed E-state index contributed by atoms with van der Waals surface area (Å²) in [5, 5.41) is 18.2. The number of hydrogen-bond donors (Lipinski definition) is 1. The minimum absolute atomic E-state index is 0.0197. The second-order valence-corrected chi connectivity index (χ2v) is 5.08. The van der Waals surface area contributed by atoms with Crippen molar-refractivity contribution in [3.05, 3.63) is 52.8 Å². The van der Waals surface area contributed by atoms with E-state index in [4.69, 9.17) is 4.52 Å². The van der Waals surface area contributed by atoms with E-state index in [2.05, 4.69) is 20.4 Å². The van der Waals surface area contributed by atoms with Crippen LogP contribution in [0.4, 0.5) is 11.4 Å². The van der Waals surface area contributed by atoms with Crippen molar-refractivity contribution in [1.29, 1.82) is 0 Å². The Hall–Kier alpha value is -3.29. The SMILES string of the molecule is CCCNc1ccc(-c2noc(-c3cccnc3)n2)cc1[N+](=O)[O-]. The lowest BCUT2D eigenvalue weighted by Crippen LogP contribution is -2.03. The van der Waals surface area contributed by atoms with Gasteiger partial charge < -0.3 is 9.84 Å². The Bertz CT molecular complexity index is 848. The molecule has 8 heteroatoms. The van der Waals surface area contributed by atoms with Gasteiger partial charge in [-0.3, -0.25) is 15.1 Å². The van der Waals surface area contributed by atoms with Crippen molar-refractivity contribution in [1.82, 2.24) is 15.1 Å². The third-order valence-electron chi connectivity index (χ3n) is 3.35. The van der Waals surface area contributed by atoms with Crippen LogP contribution in [0.5, 0.6) is 0 Å². The van der Waals surface area contributed by atoms with E-state index in [-0.39, 0.29) is 5.69 Å². The molecule has 3 aromatic rings. The first-order chi connectivity index (χ1) is 11.7. The van der Waals surface area contributed by atoms with Crippen LogP contribution < -0.4 is 5.32 Å². The third-order valence-corrected chi connectivity index (χ3v) is 3.35. The molecule has 0 saturated heterocycles. The molecule has 2 aromatic heterocycles. The van der Waals surface area contributed by atoms with Crippen molar-refractivity contribution < 1.29 is 9.45 Å². The highest BCUT2D eigenvalue weighted by Crippen LogP contribution is 2.30. The van der Waals surface area contributed by atoms with Crippen molar-refractivity contribution >= 4 is 11.4 Å². The highest BCUT2D eigenvalue weighted by molar-refractivity contribution is 5.70. The summed E-state index contributed by atoms with van der Waals surface area (Å²) in [7, 11) is 0. The van der Waals surface area contributed by atoms with Crippen molar-refractivity contribution in [2.75, 3.05) is 11.9 Å². The number of benzene rings is 1. The molecule has 0 aliphatic rings. The van der Waals surface area contributed by atoms with Gasteiger partial charge in [-0.2, -0.15) is 4.98 Å². The minimum Gasteiger partial charge on any atom is -0.380 e. The van der Waals surface area contributed by atoms with E-state index in [1.54, 1.807) is 36.7 Å². The lowest BCUT2D eigenvalue weighted by molar-refractivity contribution is -0.383. The Morgan fingerprint density at radius 2 is 2.17 bits per heavy atom. The fourth-order valence-electron chi connectivity index (χ4n) is 2.18. The van der Waals surface area contributed by atoms with E-state index in [9.17, 15) is 10.1 Å². The predicted molar refractivity (Wildman–Crippen MR) is 88.4 cm³/mol. The Kier molecular flexibility index (Phi) is 4.46. The minimum atomic E-state index is -0.427. The molecule has 0 atom stereocenters. The van der Waals surface area contributed by atoms with Gasteiger partial charge in [0.25, 0.3) is 11.6 Å². The van der Waals surface area contributed by atoms with Gasteiger partial charge in [-0.25, -0.2) is 0 Å². The zero-order chi connectivity index (χ0) is 16.9. The lowest BCUT2D eigenvalue weighted by Gasteiger charge is -2.06. The summed E-state index contributed by atoms with van der Waals surface area (Å²) < 4.78 is 5.21. The molecule has 1 aromatic carbocycles. The van der Waals surface area contributed by atoms with Crippen LogP contribution in [-0.4, -0.2) is 26.6 Å². The summed E-state index contributed by atoms with van der Waals surface area (Å²) in [6, 6.07) is 8.38. The highest BCUT2D eigenvalue weighted by Gasteiger charge is 2.18. The van der Waals surface area contributed by atoms with Gasteiger partial charge in [-0.15, -0.1) is 0 Å². The Labute approximate surface area is 137 Å². The number of aromatic nitrogens is 3. The summed E-state index contributed by atoms with van der Waals surface area (Å²) in [6.45, 7) is 2.65. The van der Waals surface area contributed by atoms with E-state index in [1.165, 1.54) is 6.07 Å². The molecule has 8 nitrogen and oxygen atoms in total. The van der Waals surface area contributed by atoms with Crippen molar-refractivity contribution in [3.63, 3.8) is 0 Å². The molecule has 0 radical (unpaired) electrons. The van der Waals surface area contributed by atoms with Crippen LogP contribution in [-0.2, 0) is 0 Å². The van der Waals surface area contributed by atoms with Crippen LogP contribution in [0.2, 0.25) is 0 Å². The third kappa shape index (κ3) is 3.22. The van der Waals surface area contributed by atoms with Crippen LogP contribution in [0.25, 0.3) is 22.8 Å². The standard InChI is InChI=1S/C16H15N5O3/c1-2-7-18-13-6-5-11(9-14(13)21(22)23)15-19-16(24-20-15)12-4-3-8-17-10-12/h3-6,8-10,18H,2,7H2,1H3. The molecule has 0 unspecified atom stereocenters. The van der Waals surface area contributed by atoms with Gasteiger partial charge in [0.15, 0.2) is 0 Å². The molecule has 0 aliphatic carbocycles. The van der Waals surface area contributed by atoms with Crippen molar-refractivity contribution in [2.24, 2.45) is 0 Å². The predicted octanol–water partition coefficient (Wildman–Crippen LogP) is 3.53. The number of anilines is 1. The summed E-state index contributed by atoms with van der Waals surface area (Å²) in [4.78, 5) is 19.1. The molecule has 2 heterocycles. The molecule has 24 heavy (non-hydrogen) atoms. The first kappa shape index (κ1) is 15.6. The zero-order valence-electron chi connectivity index (χ0n) is 13.0. The number of nitro groups is 1. The Morgan fingerprint density at radius 1 is 1.29 bits per heavy atom. The molecule has 0 saturated carbocycles. The van der Waals surface area contributed by atoms with Crippen molar-refractivity contribution in [2.45, 2.75) is 13.3 Å². The van der Waals surface area contributed by atoms with Gasteiger partial charge in [-0.05, 0) is 30.7 Å². The molecule has 0 spiro atoms. The van der Waals surface area contributed by atoms with E-state index >= 15 is 0 Å². The molecule has 3 rings (SSSR count). The van der Waals surface area contributed by atoms with Crippen LogP contribution in [0.15, 0.2) is 47.2 Å². The molecule has 0 fully saturated rings. The van der Waals surface area contributed by atoms with E-state index in [0.717, 1.165) is 6.42 Å². The fourth-order valence-corrected chi connectivity index (χ4v) is 2.18. The lowest BCUT2D eigenvalue weighted by atomic mass is 10.1. The maximum atomic E-state index is 11.3. The van der Waals surface area contributed by atoms with Gasteiger partial charge in [-0.1, -0.05) is 12.1 Å². The second-order valence-electron chi connectivity index (χ2n) is 5.08. The Balaban J connectivity index is 1.94. The van der Waals surface area contributed by atoms with E-state index in [0.29, 0.717) is 35.1 Å². The topological polar surface area (TPSA) is 107 Å². The van der Waals surface area contributed by atoms with Crippen LogP contribution in [0.3, 0.4) is 0 Å². The average molecular weight is 325 g/mol. The Morgan fingerprint density at radius 3 is 2.88 bits per heavy atom. The normalized spacial score (nSPS) is 10.5. The van der Waals surface area contributed by atoms with Gasteiger partial charge in [0.1, 0.15) is 5.69 Å². The number of pyridine rings is 1. The number of nitrogens with one attached hydrogen (secondary N) is 1. The smallest absolute Gasteiger partial charge is 0.293 e. The molecule has 0 aliphatic heterocycles. The molecule has 0 bridgehead atoms. The quantitative estimate of drug-likeness (QED) is 0.545. The van der Waals surface area contributed by atoms with Crippen molar-refractivity contribution in [3.8, 4) is 22.8 Å². The number of rotatable bonds is 6. The highest BCUT2D eigenvalue weighted by atomic mass is 16.6. The van der Waals surface area contributed by atoms with Gasteiger partial charge in [0.05, 0.1) is 10.5 Å². The summed E-state index contributed by atoms with van der Waals surface area (Å²) in [6.07, 6.45) is 4.13. The molecular formula is C16H15N5O3. The first-order valence-corrected chi connectivity index (χ1v) is 7.46. The molecule has 0 amide bonds. The maximum Gasteiger partial charge on any atom is 0.293 e. The zero-order valence-corrected chi connectivity index (χ0v) is 13.0. The van der Waals surface area contributed by atoms with Gasteiger partial charge in [0.2, 0.25) is 5.82 Å². The van der Waals surface area contributed by atoms with E-state index < -0.39 is 4.92 Å². The van der Waals surface area contributed by atoms with Gasteiger partial charge >= 0.3 is 0 Å². The van der Waals surface area contributed by atoms with Crippen LogP contribution in [0.1, 0.15) is 13.3 Å². The summed E-state index contributed by atoms with van der Waals surface area (Å²) in [5.41, 5.74) is 1.66. The monoisotopic (exact) mass is 325 g/mol. The average Bonchev–Trinajstić information content (AvgIpc) is 3.10. The van der Waals surface area contributed by atoms with Gasteiger partial charge in [0, 0.05) is 30.6 Å².